The summed E-state index contributed by atoms with van der Waals surface area (Å²) >= 11 is 0. The molecule has 0 unspecified atom stereocenters. The highest BCUT2D eigenvalue weighted by Crippen LogP contribution is 2.26. The van der Waals surface area contributed by atoms with Crippen LogP contribution in [0.4, 0.5) is 0 Å². The van der Waals surface area contributed by atoms with Crippen molar-refractivity contribution in [3.05, 3.63) is 70.9 Å². The fraction of sp³-hybridized carbons (Fsp3) is 0.273. The molecule has 28 heavy (non-hydrogen) atoms. The number of amides is 1. The number of nitrogens with zero attached hydrogens (tertiary/aromatic N) is 1. The molecule has 6 nitrogen and oxygen atoms in total. The minimum atomic E-state index is -1.10. The Kier molecular flexibility index (Phi) is 5.80. The van der Waals surface area contributed by atoms with Crippen molar-refractivity contribution >= 4 is 22.8 Å². The second-order valence-electron chi connectivity index (χ2n) is 6.74. The second kappa shape index (κ2) is 8.27. The van der Waals surface area contributed by atoms with E-state index >= 15 is 0 Å². The first-order chi connectivity index (χ1) is 13.4. The van der Waals surface area contributed by atoms with Gasteiger partial charge in [-0.25, -0.2) is 4.79 Å². The molecule has 0 aliphatic heterocycles. The van der Waals surface area contributed by atoms with Gasteiger partial charge in [0.2, 0.25) is 0 Å². The smallest absolute Gasteiger partial charge is 0.330 e. The number of benzene rings is 2. The highest BCUT2D eigenvalue weighted by atomic mass is 16.5. The van der Waals surface area contributed by atoms with Gasteiger partial charge < -0.3 is 19.7 Å². The predicted molar refractivity (Wildman–Crippen MR) is 108 cm³/mol. The molecule has 6 heteroatoms. The maximum Gasteiger partial charge on any atom is 0.330 e. The van der Waals surface area contributed by atoms with E-state index in [1.807, 2.05) is 26.0 Å². The number of aryl methyl sites for hydroxylation is 1. The molecule has 0 bridgehead atoms. The first kappa shape index (κ1) is 19.6. The van der Waals surface area contributed by atoms with Crippen LogP contribution in [0.5, 0.6) is 0 Å². The number of hydrogen-bond donors (Lipinski definition) is 2. The minimum Gasteiger partial charge on any atom is -0.479 e. The van der Waals surface area contributed by atoms with E-state index in [9.17, 15) is 14.7 Å². The molecule has 146 valence electrons. The van der Waals surface area contributed by atoms with Crippen molar-refractivity contribution in [3.8, 4) is 0 Å². The molecule has 1 atom stereocenters. The zero-order valence-corrected chi connectivity index (χ0v) is 16.2. The van der Waals surface area contributed by atoms with Crippen LogP contribution in [0.2, 0.25) is 0 Å². The fourth-order valence-corrected chi connectivity index (χ4v) is 3.41. The summed E-state index contributed by atoms with van der Waals surface area (Å²) in [5, 5.41) is 13.1. The van der Waals surface area contributed by atoms with E-state index in [1.165, 1.54) is 0 Å². The molecule has 1 amide bonds. The number of rotatable bonds is 7. The number of carbonyl (C=O) groups is 2. The topological polar surface area (TPSA) is 80.6 Å². The number of carboxylic acids is 1. The molecule has 0 fully saturated rings. The van der Waals surface area contributed by atoms with Gasteiger partial charge in [0.25, 0.3) is 5.91 Å². The summed E-state index contributed by atoms with van der Waals surface area (Å²) in [6.45, 7) is 5.39. The third kappa shape index (κ3) is 3.77. The number of nitrogens with one attached hydrogen (secondary N) is 1. The third-order valence-corrected chi connectivity index (χ3v) is 5.08. The molecule has 0 spiro atoms. The van der Waals surface area contributed by atoms with E-state index in [-0.39, 0.29) is 0 Å². The molecule has 3 rings (SSSR count). The van der Waals surface area contributed by atoms with Gasteiger partial charge >= 0.3 is 5.97 Å². The Labute approximate surface area is 163 Å². The number of aliphatic carboxylic acids is 1. The van der Waals surface area contributed by atoms with Crippen LogP contribution < -0.4 is 5.32 Å². The Balaban J connectivity index is 1.91. The summed E-state index contributed by atoms with van der Waals surface area (Å²) < 4.78 is 7.36. The standard InChI is InChI=1S/C22H24N2O4/c1-14-15(2)24(11-12-28-3)19-10-9-17(13-18(14)19)21(25)23-20(22(26)27)16-7-5-4-6-8-16/h4-10,13,20H,11-12H2,1-3H3,(H,23,25)(H,26,27)/t20-/m0/s1. The van der Waals surface area contributed by atoms with Gasteiger partial charge in [-0.3, -0.25) is 4.79 Å². The first-order valence-electron chi connectivity index (χ1n) is 9.11. The summed E-state index contributed by atoms with van der Waals surface area (Å²) in [4.78, 5) is 24.4. The quantitative estimate of drug-likeness (QED) is 0.658. The van der Waals surface area contributed by atoms with Gasteiger partial charge in [0.1, 0.15) is 0 Å². The van der Waals surface area contributed by atoms with Crippen LogP contribution in [0.3, 0.4) is 0 Å². The van der Waals surface area contributed by atoms with E-state index in [4.69, 9.17) is 4.74 Å². The van der Waals surface area contributed by atoms with E-state index in [1.54, 1.807) is 43.5 Å². The van der Waals surface area contributed by atoms with E-state index in [0.29, 0.717) is 17.7 Å². The summed E-state index contributed by atoms with van der Waals surface area (Å²) in [5.41, 5.74) is 4.21. The maximum atomic E-state index is 12.8. The van der Waals surface area contributed by atoms with Gasteiger partial charge in [-0.15, -0.1) is 0 Å². The molecule has 2 N–H and O–H groups in total. The summed E-state index contributed by atoms with van der Waals surface area (Å²) in [7, 11) is 1.67. The molecule has 2 aromatic carbocycles. The van der Waals surface area contributed by atoms with Gasteiger partial charge in [0, 0.05) is 35.8 Å². The minimum absolute atomic E-state index is 0.417. The van der Waals surface area contributed by atoms with Crippen LogP contribution in [0.15, 0.2) is 48.5 Å². The van der Waals surface area contributed by atoms with Crippen molar-refractivity contribution < 1.29 is 19.4 Å². The normalized spacial score (nSPS) is 12.1. The van der Waals surface area contributed by atoms with Crippen molar-refractivity contribution in [2.45, 2.75) is 26.4 Å². The number of carboxylic acid groups (broad SMARTS) is 1. The number of methoxy groups -OCH3 is 1. The van der Waals surface area contributed by atoms with Crippen LogP contribution in [0.1, 0.15) is 33.2 Å². The molecule has 1 aromatic heterocycles. The second-order valence-corrected chi connectivity index (χ2v) is 6.74. The number of fused-ring (bicyclic) bond motifs is 1. The van der Waals surface area contributed by atoms with Crippen LogP contribution >= 0.6 is 0 Å². The Hall–Kier alpha value is -3.12. The molecule has 0 saturated carbocycles. The predicted octanol–water partition coefficient (Wildman–Crippen LogP) is 3.46. The van der Waals surface area contributed by atoms with Gasteiger partial charge in [-0.05, 0) is 43.2 Å². The lowest BCUT2D eigenvalue weighted by atomic mass is 10.1. The molecule has 0 aliphatic carbocycles. The largest absolute Gasteiger partial charge is 0.479 e. The zero-order chi connectivity index (χ0) is 20.3. The molecule has 3 aromatic rings. The fourth-order valence-electron chi connectivity index (χ4n) is 3.41. The Morgan fingerprint density at radius 2 is 1.86 bits per heavy atom. The Morgan fingerprint density at radius 1 is 1.14 bits per heavy atom. The van der Waals surface area contributed by atoms with Crippen LogP contribution in [0, 0.1) is 13.8 Å². The van der Waals surface area contributed by atoms with Gasteiger partial charge in [-0.1, -0.05) is 30.3 Å². The molecule has 0 saturated heterocycles. The maximum absolute atomic E-state index is 12.8. The molecule has 0 radical (unpaired) electrons. The number of aromatic nitrogens is 1. The lowest BCUT2D eigenvalue weighted by Crippen LogP contribution is -2.33. The Morgan fingerprint density at radius 3 is 2.50 bits per heavy atom. The van der Waals surface area contributed by atoms with Crippen LogP contribution in [0.25, 0.3) is 10.9 Å². The monoisotopic (exact) mass is 380 g/mol. The molecule has 1 heterocycles. The summed E-state index contributed by atoms with van der Waals surface area (Å²) in [5.74, 6) is -1.52. The van der Waals surface area contributed by atoms with Gasteiger partial charge in [0.05, 0.1) is 6.61 Å². The van der Waals surface area contributed by atoms with Gasteiger partial charge in [0.15, 0.2) is 6.04 Å². The third-order valence-electron chi connectivity index (χ3n) is 5.08. The number of carbonyl (C=O) groups excluding carboxylic acids is 1. The number of hydrogen-bond acceptors (Lipinski definition) is 3. The van der Waals surface area contributed by atoms with Crippen molar-refractivity contribution in [1.29, 1.82) is 0 Å². The molecular weight excluding hydrogens is 356 g/mol. The van der Waals surface area contributed by atoms with Crippen molar-refractivity contribution in [3.63, 3.8) is 0 Å². The van der Waals surface area contributed by atoms with E-state index < -0.39 is 17.9 Å². The van der Waals surface area contributed by atoms with Crippen molar-refractivity contribution in [1.82, 2.24) is 9.88 Å². The summed E-state index contributed by atoms with van der Waals surface area (Å²) in [6, 6.07) is 13.0. The first-order valence-corrected chi connectivity index (χ1v) is 9.11. The number of ether oxygens (including phenoxy) is 1. The lowest BCUT2D eigenvalue weighted by molar-refractivity contribution is -0.139. The van der Waals surface area contributed by atoms with Crippen LogP contribution in [-0.4, -0.2) is 35.3 Å². The highest BCUT2D eigenvalue weighted by molar-refractivity contribution is 6.00. The SMILES string of the molecule is COCCn1c(C)c(C)c2cc(C(=O)N[C@H](C(=O)O)c3ccccc3)ccc21. The van der Waals surface area contributed by atoms with E-state index in [0.717, 1.165) is 28.7 Å². The highest BCUT2D eigenvalue weighted by Gasteiger charge is 2.23. The van der Waals surface area contributed by atoms with Gasteiger partial charge in [-0.2, -0.15) is 0 Å². The van der Waals surface area contributed by atoms with Crippen molar-refractivity contribution in [2.75, 3.05) is 13.7 Å². The summed E-state index contributed by atoms with van der Waals surface area (Å²) in [6.07, 6.45) is 0. The average Bonchev–Trinajstić information content (AvgIpc) is 2.94. The zero-order valence-electron chi connectivity index (χ0n) is 16.2. The van der Waals surface area contributed by atoms with Crippen LogP contribution in [-0.2, 0) is 16.1 Å². The average molecular weight is 380 g/mol. The van der Waals surface area contributed by atoms with E-state index in [2.05, 4.69) is 9.88 Å². The van der Waals surface area contributed by atoms with Crippen molar-refractivity contribution in [2.24, 2.45) is 0 Å². The molecular formula is C22H24N2O4. The Bertz CT molecular complexity index is 1010. The molecule has 0 aliphatic rings. The lowest BCUT2D eigenvalue weighted by Gasteiger charge is -2.15.